The lowest BCUT2D eigenvalue weighted by Gasteiger charge is -2.23. The molecule has 6 nitrogen and oxygen atoms in total. The van der Waals surface area contributed by atoms with Gasteiger partial charge in [-0.15, -0.1) is 0 Å². The van der Waals surface area contributed by atoms with Gasteiger partial charge in [-0.3, -0.25) is 4.79 Å². The maximum absolute atomic E-state index is 11.6. The van der Waals surface area contributed by atoms with Crippen molar-refractivity contribution in [1.82, 2.24) is 15.3 Å². The van der Waals surface area contributed by atoms with Crippen LogP contribution < -0.4 is 16.0 Å². The lowest BCUT2D eigenvalue weighted by Crippen LogP contribution is -2.44. The minimum Gasteiger partial charge on any atom is -0.370 e. The number of carbonyl (C=O) groups excluding carboxylic acids is 1. The Kier molecular flexibility index (Phi) is 4.33. The summed E-state index contributed by atoms with van der Waals surface area (Å²) in [6, 6.07) is 1.64. The van der Waals surface area contributed by atoms with Gasteiger partial charge < -0.3 is 16.0 Å². The summed E-state index contributed by atoms with van der Waals surface area (Å²) in [6.45, 7) is 3.74. The zero-order valence-corrected chi connectivity index (χ0v) is 10.6. The van der Waals surface area contributed by atoms with E-state index in [1.165, 1.54) is 6.33 Å². The van der Waals surface area contributed by atoms with E-state index in [4.69, 9.17) is 0 Å². The van der Waals surface area contributed by atoms with Gasteiger partial charge in [-0.2, -0.15) is 0 Å². The second kappa shape index (κ2) is 6.18. The second-order valence-corrected chi connectivity index (χ2v) is 4.35. The molecule has 1 saturated heterocycles. The first-order valence-corrected chi connectivity index (χ1v) is 6.39. The van der Waals surface area contributed by atoms with E-state index in [1.807, 2.05) is 6.07 Å². The van der Waals surface area contributed by atoms with Gasteiger partial charge >= 0.3 is 0 Å². The van der Waals surface area contributed by atoms with Gasteiger partial charge in [-0.25, -0.2) is 9.97 Å². The Morgan fingerprint density at radius 1 is 1.44 bits per heavy atom. The van der Waals surface area contributed by atoms with Crippen molar-refractivity contribution in [2.24, 2.45) is 0 Å². The number of amides is 1. The van der Waals surface area contributed by atoms with Gasteiger partial charge in [0.05, 0.1) is 0 Å². The van der Waals surface area contributed by atoms with Crippen LogP contribution in [0, 0.1) is 0 Å². The van der Waals surface area contributed by atoms with E-state index in [9.17, 15) is 4.79 Å². The normalized spacial score (nSPS) is 19.2. The van der Waals surface area contributed by atoms with Crippen molar-refractivity contribution in [3.8, 4) is 0 Å². The summed E-state index contributed by atoms with van der Waals surface area (Å²) >= 11 is 0. The topological polar surface area (TPSA) is 78.9 Å². The Bertz CT molecular complexity index is 409. The standard InChI is InChI=1S/C12H19N5O/c1-2-5-13-10-7-11(16-8-15-10)17-9-4-3-6-14-12(9)18/h7-9H,2-6H2,1H3,(H,14,18)(H2,13,15,16,17). The molecule has 1 atom stereocenters. The fraction of sp³-hybridized carbons (Fsp3) is 0.583. The van der Waals surface area contributed by atoms with E-state index in [2.05, 4.69) is 32.8 Å². The molecule has 98 valence electrons. The lowest BCUT2D eigenvalue weighted by atomic mass is 10.1. The van der Waals surface area contributed by atoms with Crippen molar-refractivity contribution in [2.75, 3.05) is 23.7 Å². The molecular weight excluding hydrogens is 230 g/mol. The van der Waals surface area contributed by atoms with Crippen LogP contribution in [0.4, 0.5) is 11.6 Å². The Labute approximate surface area is 107 Å². The van der Waals surface area contributed by atoms with Gasteiger partial charge in [0.1, 0.15) is 24.0 Å². The largest absolute Gasteiger partial charge is 0.370 e. The van der Waals surface area contributed by atoms with Crippen LogP contribution in [-0.4, -0.2) is 35.0 Å². The number of nitrogens with one attached hydrogen (secondary N) is 3. The summed E-state index contributed by atoms with van der Waals surface area (Å²) in [6.07, 6.45) is 4.38. The highest BCUT2D eigenvalue weighted by Gasteiger charge is 2.21. The summed E-state index contributed by atoms with van der Waals surface area (Å²) in [5, 5.41) is 9.18. The maximum Gasteiger partial charge on any atom is 0.242 e. The minimum atomic E-state index is -0.187. The molecule has 1 amide bonds. The van der Waals surface area contributed by atoms with Crippen LogP contribution in [0.25, 0.3) is 0 Å². The van der Waals surface area contributed by atoms with E-state index < -0.39 is 0 Å². The number of hydrogen-bond acceptors (Lipinski definition) is 5. The van der Waals surface area contributed by atoms with E-state index in [1.54, 1.807) is 0 Å². The first-order valence-electron chi connectivity index (χ1n) is 6.39. The highest BCUT2D eigenvalue weighted by atomic mass is 16.2. The van der Waals surface area contributed by atoms with E-state index in [0.717, 1.165) is 38.2 Å². The average molecular weight is 249 g/mol. The predicted octanol–water partition coefficient (Wildman–Crippen LogP) is 0.989. The molecule has 1 fully saturated rings. The SMILES string of the molecule is CCCNc1cc(NC2CCCNC2=O)ncn1. The quantitative estimate of drug-likeness (QED) is 0.725. The van der Waals surface area contributed by atoms with Crippen LogP contribution in [0.1, 0.15) is 26.2 Å². The molecule has 2 rings (SSSR count). The van der Waals surface area contributed by atoms with Crippen molar-refractivity contribution >= 4 is 17.5 Å². The van der Waals surface area contributed by atoms with Gasteiger partial charge in [0.25, 0.3) is 0 Å². The zero-order chi connectivity index (χ0) is 12.8. The third-order valence-corrected chi connectivity index (χ3v) is 2.83. The molecule has 0 spiro atoms. The van der Waals surface area contributed by atoms with E-state index >= 15 is 0 Å². The summed E-state index contributed by atoms with van der Waals surface area (Å²) in [5.41, 5.74) is 0. The van der Waals surface area contributed by atoms with Crippen LogP contribution >= 0.6 is 0 Å². The highest BCUT2D eigenvalue weighted by molar-refractivity contribution is 5.85. The summed E-state index contributed by atoms with van der Waals surface area (Å²) < 4.78 is 0. The lowest BCUT2D eigenvalue weighted by molar-refractivity contribution is -0.123. The van der Waals surface area contributed by atoms with Crippen LogP contribution in [0.5, 0.6) is 0 Å². The van der Waals surface area contributed by atoms with Crippen molar-refractivity contribution in [3.05, 3.63) is 12.4 Å². The molecular formula is C12H19N5O. The fourth-order valence-electron chi connectivity index (χ4n) is 1.87. The Morgan fingerprint density at radius 3 is 3.06 bits per heavy atom. The Morgan fingerprint density at radius 2 is 2.28 bits per heavy atom. The monoisotopic (exact) mass is 249 g/mol. The molecule has 0 bridgehead atoms. The van der Waals surface area contributed by atoms with Gasteiger partial charge in [-0.05, 0) is 19.3 Å². The molecule has 1 aliphatic heterocycles. The minimum absolute atomic E-state index is 0.0444. The molecule has 1 unspecified atom stereocenters. The molecule has 6 heteroatoms. The van der Waals surface area contributed by atoms with Crippen LogP contribution in [0.15, 0.2) is 12.4 Å². The van der Waals surface area contributed by atoms with Crippen LogP contribution in [0.2, 0.25) is 0 Å². The zero-order valence-electron chi connectivity index (χ0n) is 10.6. The van der Waals surface area contributed by atoms with Gasteiger partial charge in [-0.1, -0.05) is 6.92 Å². The fourth-order valence-corrected chi connectivity index (χ4v) is 1.87. The van der Waals surface area contributed by atoms with Crippen LogP contribution in [-0.2, 0) is 4.79 Å². The summed E-state index contributed by atoms with van der Waals surface area (Å²) in [7, 11) is 0. The summed E-state index contributed by atoms with van der Waals surface area (Å²) in [5.74, 6) is 1.51. The number of aromatic nitrogens is 2. The molecule has 1 aromatic heterocycles. The van der Waals surface area contributed by atoms with Crippen molar-refractivity contribution in [3.63, 3.8) is 0 Å². The van der Waals surface area contributed by atoms with Gasteiger partial charge in [0, 0.05) is 19.2 Å². The molecule has 18 heavy (non-hydrogen) atoms. The number of hydrogen-bond donors (Lipinski definition) is 3. The second-order valence-electron chi connectivity index (χ2n) is 4.35. The third kappa shape index (κ3) is 3.32. The number of nitrogens with zero attached hydrogens (tertiary/aromatic N) is 2. The Balaban J connectivity index is 1.97. The third-order valence-electron chi connectivity index (χ3n) is 2.83. The molecule has 0 radical (unpaired) electrons. The molecule has 1 aromatic rings. The number of anilines is 2. The number of carbonyl (C=O) groups is 1. The molecule has 2 heterocycles. The molecule has 0 aromatic carbocycles. The average Bonchev–Trinajstić information content (AvgIpc) is 2.40. The molecule has 0 aliphatic carbocycles. The van der Waals surface area contributed by atoms with E-state index in [-0.39, 0.29) is 11.9 Å². The molecule has 1 aliphatic rings. The first-order chi connectivity index (χ1) is 8.79. The smallest absolute Gasteiger partial charge is 0.242 e. The first kappa shape index (κ1) is 12.6. The predicted molar refractivity (Wildman–Crippen MR) is 70.5 cm³/mol. The molecule has 3 N–H and O–H groups in total. The number of rotatable bonds is 5. The highest BCUT2D eigenvalue weighted by Crippen LogP contribution is 2.13. The van der Waals surface area contributed by atoms with Crippen molar-refractivity contribution < 1.29 is 4.79 Å². The van der Waals surface area contributed by atoms with Crippen molar-refractivity contribution in [2.45, 2.75) is 32.2 Å². The van der Waals surface area contributed by atoms with Crippen molar-refractivity contribution in [1.29, 1.82) is 0 Å². The maximum atomic E-state index is 11.6. The summed E-state index contributed by atoms with van der Waals surface area (Å²) in [4.78, 5) is 19.9. The van der Waals surface area contributed by atoms with Gasteiger partial charge in [0.2, 0.25) is 5.91 Å². The van der Waals surface area contributed by atoms with Crippen LogP contribution in [0.3, 0.4) is 0 Å². The van der Waals surface area contributed by atoms with Gasteiger partial charge in [0.15, 0.2) is 0 Å². The van der Waals surface area contributed by atoms with E-state index in [0.29, 0.717) is 5.82 Å². The molecule has 0 saturated carbocycles. The Hall–Kier alpha value is -1.85. The number of piperidine rings is 1.